The van der Waals surface area contributed by atoms with E-state index >= 15 is 0 Å². The van der Waals surface area contributed by atoms with Crippen molar-refractivity contribution in [3.8, 4) is 0 Å². The van der Waals surface area contributed by atoms with E-state index in [1.807, 2.05) is 0 Å². The molecule has 0 aliphatic heterocycles. The molecule has 0 fully saturated rings. The Balaban J connectivity index is 3.28. The van der Waals surface area contributed by atoms with Gasteiger partial charge in [-0.3, -0.25) is 0 Å². The molecule has 0 saturated heterocycles. The molecule has 18 heavy (non-hydrogen) atoms. The maximum absolute atomic E-state index is 12.6. The first-order valence-electron chi connectivity index (χ1n) is 3.91. The minimum atomic E-state index is -6.88. The fourth-order valence-electron chi connectivity index (χ4n) is 1.10. The Morgan fingerprint density at radius 1 is 0.778 bits per heavy atom. The summed E-state index contributed by atoms with van der Waals surface area (Å²) in [6, 6.07) is 0. The quantitative estimate of drug-likeness (QED) is 0.533. The summed E-state index contributed by atoms with van der Waals surface area (Å²) in [6.07, 6.45) is -8.16. The number of hydrogen-bond acceptors (Lipinski definition) is 0. The van der Waals surface area contributed by atoms with Crippen LogP contribution in [0, 0.1) is 0 Å². The summed E-state index contributed by atoms with van der Waals surface area (Å²) >= 11 is 0. The van der Waals surface area contributed by atoms with Crippen LogP contribution < -0.4 is 0 Å². The third kappa shape index (κ3) is 1.58. The van der Waals surface area contributed by atoms with Crippen LogP contribution in [0.1, 0.15) is 0 Å². The molecule has 0 spiro atoms. The number of rotatable bonds is 2. The van der Waals surface area contributed by atoms with E-state index in [2.05, 4.69) is 0 Å². The zero-order valence-corrected chi connectivity index (χ0v) is 7.73. The highest BCUT2D eigenvalue weighted by Crippen LogP contribution is 2.60. The first-order valence-corrected chi connectivity index (χ1v) is 3.91. The Bertz CT molecular complexity index is 385. The van der Waals surface area contributed by atoms with Crippen molar-refractivity contribution in [1.82, 2.24) is 0 Å². The average Bonchev–Trinajstić information content (AvgIpc) is 2.12. The van der Waals surface area contributed by atoms with Gasteiger partial charge in [-0.25, -0.2) is 0 Å². The van der Waals surface area contributed by atoms with Crippen molar-refractivity contribution in [2.24, 2.45) is 0 Å². The minimum absolute atomic E-state index is 1.30. The second kappa shape index (κ2) is 3.29. The summed E-state index contributed by atoms with van der Waals surface area (Å²) in [5, 5.41) is 0. The molecule has 0 nitrogen and oxygen atoms in total. The topological polar surface area (TPSA) is 0 Å². The molecule has 1 aliphatic rings. The van der Waals surface area contributed by atoms with Crippen LogP contribution in [0.25, 0.3) is 0 Å². The predicted molar refractivity (Wildman–Crippen MR) is 33.9 cm³/mol. The monoisotopic (exact) mass is 294 g/mol. The highest BCUT2D eigenvalue weighted by molar-refractivity contribution is 5.41. The lowest BCUT2D eigenvalue weighted by atomic mass is 9.82. The second-order valence-electron chi connectivity index (χ2n) is 3.40. The third-order valence-corrected chi connectivity index (χ3v) is 2.17. The van der Waals surface area contributed by atoms with E-state index in [1.54, 1.807) is 0 Å². The fourth-order valence-corrected chi connectivity index (χ4v) is 1.10. The first kappa shape index (κ1) is 15.0. The van der Waals surface area contributed by atoms with Gasteiger partial charge in [0, 0.05) is 6.08 Å². The molecular formula is C7HF11. The van der Waals surface area contributed by atoms with Crippen LogP contribution in [0.15, 0.2) is 11.6 Å². The number of halogens is 11. The van der Waals surface area contributed by atoms with E-state index in [0.29, 0.717) is 0 Å². The van der Waals surface area contributed by atoms with Gasteiger partial charge >= 0.3 is 29.9 Å². The van der Waals surface area contributed by atoms with Gasteiger partial charge in [0.2, 0.25) is 0 Å². The van der Waals surface area contributed by atoms with E-state index in [4.69, 9.17) is 0 Å². The van der Waals surface area contributed by atoms with Gasteiger partial charge in [0.1, 0.15) is 0 Å². The molecule has 0 atom stereocenters. The highest BCUT2D eigenvalue weighted by atomic mass is 19.4. The lowest BCUT2D eigenvalue weighted by Crippen LogP contribution is -2.62. The van der Waals surface area contributed by atoms with E-state index in [-0.39, 0.29) is 0 Å². The van der Waals surface area contributed by atoms with Crippen LogP contribution in [0.2, 0.25) is 0 Å². The molecule has 0 amide bonds. The molecule has 0 bridgehead atoms. The van der Waals surface area contributed by atoms with Crippen molar-refractivity contribution in [2.75, 3.05) is 0 Å². The molecule has 0 unspecified atom stereocenters. The Kier molecular flexibility index (Phi) is 2.75. The van der Waals surface area contributed by atoms with Crippen LogP contribution in [-0.2, 0) is 0 Å². The Morgan fingerprint density at radius 2 is 1.17 bits per heavy atom. The molecule has 11 heteroatoms. The molecule has 0 heterocycles. The van der Waals surface area contributed by atoms with Crippen molar-refractivity contribution in [3.63, 3.8) is 0 Å². The average molecular weight is 294 g/mol. The smallest absolute Gasteiger partial charge is 0.195 e. The first-order chi connectivity index (χ1) is 7.59. The van der Waals surface area contributed by atoms with E-state index < -0.39 is 41.5 Å². The number of allylic oxidation sites excluding steroid dienone is 2. The summed E-state index contributed by atoms with van der Waals surface area (Å²) in [4.78, 5) is 0. The summed E-state index contributed by atoms with van der Waals surface area (Å²) in [5.74, 6) is -24.3. The van der Waals surface area contributed by atoms with E-state index in [0.717, 1.165) is 0 Å². The minimum Gasteiger partial charge on any atom is -0.195 e. The second-order valence-corrected chi connectivity index (χ2v) is 3.40. The molecule has 106 valence electrons. The summed E-state index contributed by atoms with van der Waals surface area (Å²) < 4.78 is 134. The highest BCUT2D eigenvalue weighted by Gasteiger charge is 2.82. The Hall–Kier alpha value is -1.03. The van der Waals surface area contributed by atoms with Gasteiger partial charge in [-0.05, 0) is 0 Å². The van der Waals surface area contributed by atoms with Crippen LogP contribution in [0.3, 0.4) is 0 Å². The lowest BCUT2D eigenvalue weighted by Gasteiger charge is -2.41. The zero-order valence-electron chi connectivity index (χ0n) is 7.73. The molecule has 0 aromatic rings. The fraction of sp³-hybridized carbons (Fsp3) is 0.714. The number of hydrogen-bond donors (Lipinski definition) is 0. The SMILES string of the molecule is FC(F)(F)C(F)(F)C(F)(F)C1=CC(F)(F)C1(F)F. The van der Waals surface area contributed by atoms with Crippen molar-refractivity contribution in [2.45, 2.75) is 29.9 Å². The standard InChI is InChI=1S/C7HF11/c8-3(9)1-2(4(3,10)11)5(12,13)6(14,15)7(16,17)18/h1H. The lowest BCUT2D eigenvalue weighted by molar-refractivity contribution is -0.355. The van der Waals surface area contributed by atoms with Gasteiger partial charge in [0.05, 0.1) is 5.57 Å². The molecule has 0 saturated carbocycles. The van der Waals surface area contributed by atoms with Crippen LogP contribution >= 0.6 is 0 Å². The van der Waals surface area contributed by atoms with Crippen molar-refractivity contribution >= 4 is 0 Å². The van der Waals surface area contributed by atoms with Crippen molar-refractivity contribution in [1.29, 1.82) is 0 Å². The van der Waals surface area contributed by atoms with Gasteiger partial charge in [0.15, 0.2) is 0 Å². The third-order valence-electron chi connectivity index (χ3n) is 2.17. The zero-order chi connectivity index (χ0) is 14.8. The van der Waals surface area contributed by atoms with Gasteiger partial charge in [-0.2, -0.15) is 48.3 Å². The summed E-state index contributed by atoms with van der Waals surface area (Å²) in [6.45, 7) is 0. The van der Waals surface area contributed by atoms with Crippen LogP contribution in [-0.4, -0.2) is 29.9 Å². The van der Waals surface area contributed by atoms with Crippen molar-refractivity contribution < 1.29 is 48.3 Å². The summed E-state index contributed by atoms with van der Waals surface area (Å²) in [5.41, 5.74) is -3.25. The normalized spacial score (nSPS) is 23.4. The summed E-state index contributed by atoms with van der Waals surface area (Å²) in [7, 11) is 0. The van der Waals surface area contributed by atoms with E-state index in [1.165, 1.54) is 0 Å². The van der Waals surface area contributed by atoms with Crippen LogP contribution in [0.4, 0.5) is 48.3 Å². The maximum atomic E-state index is 12.6. The van der Waals surface area contributed by atoms with Crippen molar-refractivity contribution in [3.05, 3.63) is 11.6 Å². The Morgan fingerprint density at radius 3 is 1.39 bits per heavy atom. The molecule has 0 N–H and O–H groups in total. The molecule has 1 aliphatic carbocycles. The van der Waals surface area contributed by atoms with Gasteiger partial charge < -0.3 is 0 Å². The van der Waals surface area contributed by atoms with Gasteiger partial charge in [-0.1, -0.05) is 0 Å². The maximum Gasteiger partial charge on any atom is 0.460 e. The Labute approximate surface area is 91.1 Å². The predicted octanol–water partition coefficient (Wildman–Crippen LogP) is 4.03. The molecule has 0 radical (unpaired) electrons. The van der Waals surface area contributed by atoms with Gasteiger partial charge in [-0.15, -0.1) is 0 Å². The molecular weight excluding hydrogens is 293 g/mol. The molecule has 1 rings (SSSR count). The number of alkyl halides is 11. The van der Waals surface area contributed by atoms with Crippen LogP contribution in [0.5, 0.6) is 0 Å². The molecule has 0 aromatic heterocycles. The molecule has 0 aromatic carbocycles. The largest absolute Gasteiger partial charge is 0.460 e. The van der Waals surface area contributed by atoms with E-state index in [9.17, 15) is 48.3 Å². The van der Waals surface area contributed by atoms with Gasteiger partial charge in [0.25, 0.3) is 0 Å².